The molecule has 1 amide bonds. The average Bonchev–Trinajstić information content (AvgIpc) is 3.19. The van der Waals surface area contributed by atoms with E-state index in [9.17, 15) is 26.4 Å². The van der Waals surface area contributed by atoms with Gasteiger partial charge in [-0.05, 0) is 47.8 Å². The number of nitrogens with zero attached hydrogens (tertiary/aromatic N) is 3. The van der Waals surface area contributed by atoms with E-state index in [1.807, 2.05) is 0 Å². The van der Waals surface area contributed by atoms with Crippen molar-refractivity contribution >= 4 is 37.2 Å². The lowest BCUT2D eigenvalue weighted by atomic mass is 9.94. The minimum absolute atomic E-state index is 0.00834. The van der Waals surface area contributed by atoms with Gasteiger partial charge in [-0.15, -0.1) is 0 Å². The Labute approximate surface area is 206 Å². The number of pyridine rings is 2. The molecule has 0 aliphatic carbocycles. The molecule has 4 heterocycles. The Kier molecular flexibility index (Phi) is 6.70. The Hall–Kier alpha value is -2.87. The van der Waals surface area contributed by atoms with Gasteiger partial charge in [0.2, 0.25) is 0 Å². The molecule has 3 aromatic rings. The molecule has 35 heavy (non-hydrogen) atoms. The van der Waals surface area contributed by atoms with E-state index in [-0.39, 0.29) is 34.6 Å². The van der Waals surface area contributed by atoms with Crippen LogP contribution in [0.2, 0.25) is 0 Å². The number of aromatic nitrogens is 3. The van der Waals surface area contributed by atoms with E-state index in [2.05, 4.69) is 31.3 Å². The van der Waals surface area contributed by atoms with Crippen LogP contribution >= 0.6 is 15.9 Å². The third-order valence-corrected chi connectivity index (χ3v) is 7.49. The van der Waals surface area contributed by atoms with Gasteiger partial charge in [0.25, 0.3) is 11.8 Å². The lowest BCUT2D eigenvalue weighted by Gasteiger charge is -2.34. The Balaban J connectivity index is 1.50. The van der Waals surface area contributed by atoms with Crippen molar-refractivity contribution in [1.29, 1.82) is 0 Å². The molecular formula is C21H20BrF3N4O5S. The highest BCUT2D eigenvalue weighted by Crippen LogP contribution is 2.33. The van der Waals surface area contributed by atoms with E-state index in [1.54, 1.807) is 6.92 Å². The molecule has 1 saturated heterocycles. The molecule has 1 aliphatic rings. The fourth-order valence-corrected chi connectivity index (χ4v) is 5.50. The summed E-state index contributed by atoms with van der Waals surface area (Å²) in [7, 11) is -3.08. The SMILES string of the molecule is CC1(NC(=O)c2cc3cc(Oc4ncc(Br)cc4OCC(F)(F)F)ccn3n2)CCS(=O)(=O)CC1. The first-order valence-corrected chi connectivity index (χ1v) is 13.0. The number of hydrogen-bond acceptors (Lipinski definition) is 7. The molecular weight excluding hydrogens is 557 g/mol. The van der Waals surface area contributed by atoms with Crippen LogP contribution < -0.4 is 14.8 Å². The molecule has 9 nitrogen and oxygen atoms in total. The number of carbonyl (C=O) groups is 1. The molecule has 0 radical (unpaired) electrons. The summed E-state index contributed by atoms with van der Waals surface area (Å²) in [5.74, 6) is -0.564. The number of ether oxygens (including phenoxy) is 2. The zero-order valence-electron chi connectivity index (χ0n) is 18.3. The van der Waals surface area contributed by atoms with E-state index in [4.69, 9.17) is 9.47 Å². The number of nitrogens with one attached hydrogen (secondary N) is 1. The first-order chi connectivity index (χ1) is 16.3. The van der Waals surface area contributed by atoms with Crippen LogP contribution in [0.3, 0.4) is 0 Å². The predicted octanol–water partition coefficient (Wildman–Crippen LogP) is 3.92. The topological polar surface area (TPSA) is 112 Å². The van der Waals surface area contributed by atoms with Gasteiger partial charge in [0, 0.05) is 34.5 Å². The molecule has 0 atom stereocenters. The fraction of sp³-hybridized carbons (Fsp3) is 0.381. The van der Waals surface area contributed by atoms with Gasteiger partial charge < -0.3 is 14.8 Å². The highest BCUT2D eigenvalue weighted by atomic mass is 79.9. The van der Waals surface area contributed by atoms with Crippen LogP contribution in [0.15, 0.2) is 41.1 Å². The highest BCUT2D eigenvalue weighted by Gasteiger charge is 2.35. The van der Waals surface area contributed by atoms with Gasteiger partial charge in [-0.25, -0.2) is 17.9 Å². The molecule has 0 unspecified atom stereocenters. The second-order valence-electron chi connectivity index (χ2n) is 8.39. The Morgan fingerprint density at radius 2 is 1.97 bits per heavy atom. The molecule has 0 aromatic carbocycles. The lowest BCUT2D eigenvalue weighted by molar-refractivity contribution is -0.153. The summed E-state index contributed by atoms with van der Waals surface area (Å²) in [5, 5.41) is 7.10. The third-order valence-electron chi connectivity index (χ3n) is 5.40. The number of carbonyl (C=O) groups excluding carboxylic acids is 1. The van der Waals surface area contributed by atoms with Crippen LogP contribution in [0, 0.1) is 0 Å². The van der Waals surface area contributed by atoms with Crippen LogP contribution in [0.4, 0.5) is 13.2 Å². The molecule has 0 bridgehead atoms. The second-order valence-corrected chi connectivity index (χ2v) is 11.6. The minimum Gasteiger partial charge on any atom is -0.478 e. The third kappa shape index (κ3) is 6.42. The number of sulfone groups is 1. The summed E-state index contributed by atoms with van der Waals surface area (Å²) in [6.07, 6.45) is -1.04. The van der Waals surface area contributed by atoms with Crippen molar-refractivity contribution in [2.24, 2.45) is 0 Å². The molecule has 1 aliphatic heterocycles. The van der Waals surface area contributed by atoms with Crippen molar-refractivity contribution < 1.29 is 35.9 Å². The average molecular weight is 577 g/mol. The van der Waals surface area contributed by atoms with Gasteiger partial charge in [0.15, 0.2) is 18.1 Å². The zero-order chi connectivity index (χ0) is 25.4. The monoisotopic (exact) mass is 576 g/mol. The Bertz CT molecular complexity index is 1360. The second kappa shape index (κ2) is 9.30. The predicted molar refractivity (Wildman–Crippen MR) is 123 cm³/mol. The van der Waals surface area contributed by atoms with E-state index < -0.39 is 34.1 Å². The van der Waals surface area contributed by atoms with Crippen molar-refractivity contribution in [3.8, 4) is 17.4 Å². The molecule has 1 fully saturated rings. The van der Waals surface area contributed by atoms with E-state index in [0.29, 0.717) is 22.8 Å². The summed E-state index contributed by atoms with van der Waals surface area (Å²) in [5.41, 5.74) is -0.0568. The first-order valence-electron chi connectivity index (χ1n) is 10.4. The molecule has 4 rings (SSSR count). The van der Waals surface area contributed by atoms with E-state index in [1.165, 1.54) is 41.2 Å². The van der Waals surface area contributed by atoms with Gasteiger partial charge in [-0.1, -0.05) is 0 Å². The van der Waals surface area contributed by atoms with Gasteiger partial charge >= 0.3 is 6.18 Å². The summed E-state index contributed by atoms with van der Waals surface area (Å²) in [6.45, 7) is 0.289. The number of amides is 1. The van der Waals surface area contributed by atoms with Crippen LogP contribution in [0.1, 0.15) is 30.3 Å². The maximum absolute atomic E-state index is 12.8. The van der Waals surface area contributed by atoms with Crippen molar-refractivity contribution in [1.82, 2.24) is 19.9 Å². The molecule has 0 spiro atoms. The molecule has 1 N–H and O–H groups in total. The lowest BCUT2D eigenvalue weighted by Crippen LogP contribution is -2.51. The maximum Gasteiger partial charge on any atom is 0.422 e. The maximum atomic E-state index is 12.8. The Morgan fingerprint density at radius 1 is 1.26 bits per heavy atom. The Morgan fingerprint density at radius 3 is 2.66 bits per heavy atom. The minimum atomic E-state index is -4.53. The van der Waals surface area contributed by atoms with Crippen LogP contribution in [0.5, 0.6) is 17.4 Å². The van der Waals surface area contributed by atoms with Crippen molar-refractivity contribution in [2.45, 2.75) is 31.5 Å². The van der Waals surface area contributed by atoms with Gasteiger partial charge in [0.1, 0.15) is 15.6 Å². The van der Waals surface area contributed by atoms with Crippen molar-refractivity contribution in [3.63, 3.8) is 0 Å². The molecule has 3 aromatic heterocycles. The van der Waals surface area contributed by atoms with Gasteiger partial charge in [-0.3, -0.25) is 4.79 Å². The van der Waals surface area contributed by atoms with Gasteiger partial charge in [-0.2, -0.15) is 18.3 Å². The van der Waals surface area contributed by atoms with Crippen LogP contribution in [-0.4, -0.2) is 58.8 Å². The number of fused-ring (bicyclic) bond motifs is 1. The fourth-order valence-electron chi connectivity index (χ4n) is 3.46. The first kappa shape index (κ1) is 25.2. The molecule has 0 saturated carbocycles. The van der Waals surface area contributed by atoms with Crippen LogP contribution in [-0.2, 0) is 9.84 Å². The zero-order valence-corrected chi connectivity index (χ0v) is 20.7. The molecule has 188 valence electrons. The quantitative estimate of drug-likeness (QED) is 0.473. The summed E-state index contributed by atoms with van der Waals surface area (Å²) in [4.78, 5) is 16.7. The summed E-state index contributed by atoms with van der Waals surface area (Å²) >= 11 is 3.14. The normalized spacial score (nSPS) is 17.2. The van der Waals surface area contributed by atoms with E-state index >= 15 is 0 Å². The van der Waals surface area contributed by atoms with Crippen molar-refractivity contribution in [3.05, 3.63) is 46.8 Å². The van der Waals surface area contributed by atoms with E-state index in [0.717, 1.165) is 0 Å². The summed E-state index contributed by atoms with van der Waals surface area (Å²) in [6, 6.07) is 5.87. The highest BCUT2D eigenvalue weighted by molar-refractivity contribution is 9.10. The standard InChI is InChI=1S/C21H20BrF3N4O5S/c1-20(3-6-35(31,32)7-4-20)27-18(30)16-10-14-9-15(2-5-29(14)28-16)34-19-17(8-13(22)11-26-19)33-12-21(23,24)25/h2,5,8-11H,3-4,6-7,12H2,1H3,(H,27,30). The number of rotatable bonds is 6. The van der Waals surface area contributed by atoms with Crippen molar-refractivity contribution in [2.75, 3.05) is 18.1 Å². The smallest absolute Gasteiger partial charge is 0.422 e. The summed E-state index contributed by atoms with van der Waals surface area (Å²) < 4.78 is 73.4. The van der Waals surface area contributed by atoms with Crippen LogP contribution in [0.25, 0.3) is 5.52 Å². The molecule has 14 heteroatoms. The number of alkyl halides is 3. The number of hydrogen-bond donors (Lipinski definition) is 1. The largest absolute Gasteiger partial charge is 0.478 e. The van der Waals surface area contributed by atoms with Gasteiger partial charge in [0.05, 0.1) is 17.0 Å². The number of halogens is 4.